The van der Waals surface area contributed by atoms with E-state index in [9.17, 15) is 4.79 Å². The summed E-state index contributed by atoms with van der Waals surface area (Å²) in [6, 6.07) is 18.0. The van der Waals surface area contributed by atoms with E-state index in [1.54, 1.807) is 32.4 Å². The Morgan fingerprint density at radius 2 is 1.88 bits per heavy atom. The fraction of sp³-hybridized carbons (Fsp3) is 0.231. The molecule has 0 fully saturated rings. The lowest BCUT2D eigenvalue weighted by molar-refractivity contribution is 0.103. The average Bonchev–Trinajstić information content (AvgIpc) is 3.18. The van der Waals surface area contributed by atoms with Gasteiger partial charge in [-0.05, 0) is 54.5 Å². The van der Waals surface area contributed by atoms with Crippen molar-refractivity contribution in [3.8, 4) is 11.5 Å². The van der Waals surface area contributed by atoms with Gasteiger partial charge in [-0.25, -0.2) is 4.98 Å². The van der Waals surface area contributed by atoms with Crippen molar-refractivity contribution in [2.45, 2.75) is 25.2 Å². The molecule has 1 unspecified atom stereocenters. The van der Waals surface area contributed by atoms with Crippen LogP contribution in [0, 0.1) is 0 Å². The molecule has 1 amide bonds. The van der Waals surface area contributed by atoms with Crippen LogP contribution in [-0.4, -0.2) is 25.1 Å². The Hall–Kier alpha value is -3.58. The zero-order valence-electron chi connectivity index (χ0n) is 18.6. The lowest BCUT2D eigenvalue weighted by Crippen LogP contribution is -2.14. The number of ether oxygens (including phenoxy) is 2. The lowest BCUT2D eigenvalue weighted by Gasteiger charge is -2.24. The fourth-order valence-corrected chi connectivity index (χ4v) is 5.46. The van der Waals surface area contributed by atoms with Crippen LogP contribution in [-0.2, 0) is 12.8 Å². The number of hydrogen-bond donors (Lipinski definition) is 2. The van der Waals surface area contributed by atoms with Crippen molar-refractivity contribution in [1.82, 2.24) is 4.98 Å². The lowest BCUT2D eigenvalue weighted by atomic mass is 9.82. The molecule has 1 aliphatic carbocycles. The molecule has 6 nitrogen and oxygen atoms in total. The molecule has 0 bridgehead atoms. The van der Waals surface area contributed by atoms with Crippen molar-refractivity contribution in [1.29, 1.82) is 0 Å². The summed E-state index contributed by atoms with van der Waals surface area (Å²) in [5.74, 6) is 1.36. The van der Waals surface area contributed by atoms with E-state index < -0.39 is 0 Å². The van der Waals surface area contributed by atoms with Gasteiger partial charge in [0.05, 0.1) is 19.9 Å². The van der Waals surface area contributed by atoms with Crippen molar-refractivity contribution >= 4 is 38.8 Å². The van der Waals surface area contributed by atoms with Gasteiger partial charge in [0.25, 0.3) is 5.91 Å². The molecule has 3 N–H and O–H groups in total. The van der Waals surface area contributed by atoms with Crippen LogP contribution in [0.4, 0.5) is 11.4 Å². The molecule has 33 heavy (non-hydrogen) atoms. The van der Waals surface area contributed by atoms with Gasteiger partial charge in [-0.15, -0.1) is 11.3 Å². The van der Waals surface area contributed by atoms with Gasteiger partial charge in [0.1, 0.15) is 9.71 Å². The van der Waals surface area contributed by atoms with E-state index in [1.165, 1.54) is 22.5 Å². The molecular weight excluding hydrogens is 434 g/mol. The molecule has 7 heteroatoms. The standard InChI is InChI=1S/C26H25N3O3S/c1-31-21-11-9-18(14-22(21)32-2)28-25(30)24-23(27)19-13-17-12-16(15-6-4-3-5-7-15)8-10-20(17)29-26(19)33-24/h3-7,9,11,13-14,16H,8,10,12,27H2,1-2H3,(H,28,30). The number of nitrogens with zero attached hydrogens (tertiary/aromatic N) is 1. The number of nitrogens with one attached hydrogen (secondary N) is 1. The second kappa shape index (κ2) is 8.75. The highest BCUT2D eigenvalue weighted by Gasteiger charge is 2.24. The van der Waals surface area contributed by atoms with Crippen LogP contribution >= 0.6 is 11.3 Å². The summed E-state index contributed by atoms with van der Waals surface area (Å²) in [5, 5.41) is 3.76. The highest BCUT2D eigenvalue weighted by atomic mass is 32.1. The number of methoxy groups -OCH3 is 2. The Morgan fingerprint density at radius 3 is 2.64 bits per heavy atom. The zero-order chi connectivity index (χ0) is 22.9. The van der Waals surface area contributed by atoms with Gasteiger partial charge < -0.3 is 20.5 Å². The number of carbonyl (C=O) groups excluding carboxylic acids is 1. The molecular formula is C26H25N3O3S. The molecule has 0 saturated carbocycles. The van der Waals surface area contributed by atoms with Gasteiger partial charge in [0.15, 0.2) is 11.5 Å². The van der Waals surface area contributed by atoms with E-state index >= 15 is 0 Å². The number of nitrogens with two attached hydrogens (primary N) is 1. The average molecular weight is 460 g/mol. The van der Waals surface area contributed by atoms with Gasteiger partial charge in [-0.3, -0.25) is 4.79 Å². The maximum atomic E-state index is 13.0. The van der Waals surface area contributed by atoms with Gasteiger partial charge in [-0.2, -0.15) is 0 Å². The van der Waals surface area contributed by atoms with Crippen LogP contribution in [0.25, 0.3) is 10.2 Å². The molecule has 0 radical (unpaired) electrons. The fourth-order valence-electron chi connectivity index (χ4n) is 4.47. The van der Waals surface area contributed by atoms with Crippen molar-refractivity contribution in [3.63, 3.8) is 0 Å². The van der Waals surface area contributed by atoms with Crippen LogP contribution in [0.1, 0.15) is 38.8 Å². The van der Waals surface area contributed by atoms with Crippen molar-refractivity contribution in [2.75, 3.05) is 25.3 Å². The number of benzene rings is 2. The Kier molecular flexibility index (Phi) is 5.64. The van der Waals surface area contributed by atoms with Crippen LogP contribution < -0.4 is 20.5 Å². The van der Waals surface area contributed by atoms with Crippen LogP contribution in [0.15, 0.2) is 54.6 Å². The highest BCUT2D eigenvalue weighted by molar-refractivity contribution is 7.21. The number of rotatable bonds is 5. The summed E-state index contributed by atoms with van der Waals surface area (Å²) < 4.78 is 10.6. The summed E-state index contributed by atoms with van der Waals surface area (Å²) in [6.07, 6.45) is 2.93. The summed E-state index contributed by atoms with van der Waals surface area (Å²) in [4.78, 5) is 19.2. The second-order valence-electron chi connectivity index (χ2n) is 8.17. The molecule has 5 rings (SSSR count). The van der Waals surface area contributed by atoms with Gasteiger partial charge >= 0.3 is 0 Å². The smallest absolute Gasteiger partial charge is 0.267 e. The minimum Gasteiger partial charge on any atom is -0.493 e. The molecule has 4 aromatic rings. The highest BCUT2D eigenvalue weighted by Crippen LogP contribution is 2.39. The van der Waals surface area contributed by atoms with Crippen LogP contribution in [0.5, 0.6) is 11.5 Å². The molecule has 0 aliphatic heterocycles. The molecule has 2 aromatic carbocycles. The first kappa shape index (κ1) is 21.3. The molecule has 1 atom stereocenters. The number of carbonyl (C=O) groups is 1. The van der Waals surface area contributed by atoms with Crippen molar-refractivity contribution < 1.29 is 14.3 Å². The third kappa shape index (κ3) is 4.00. The Morgan fingerprint density at radius 1 is 1.09 bits per heavy atom. The van der Waals surface area contributed by atoms with E-state index in [2.05, 4.69) is 35.6 Å². The third-order valence-corrected chi connectivity index (χ3v) is 7.32. The second-order valence-corrected chi connectivity index (χ2v) is 9.17. The van der Waals surface area contributed by atoms with Crippen LogP contribution in [0.3, 0.4) is 0 Å². The maximum Gasteiger partial charge on any atom is 0.267 e. The Balaban J connectivity index is 1.42. The number of aromatic nitrogens is 1. The topological polar surface area (TPSA) is 86.5 Å². The van der Waals surface area contributed by atoms with Crippen molar-refractivity contribution in [3.05, 3.63) is 76.3 Å². The molecule has 1 aliphatic rings. The number of nitrogen functional groups attached to an aromatic ring is 1. The molecule has 2 aromatic heterocycles. The predicted octanol–water partition coefficient (Wildman–Crippen LogP) is 5.42. The van der Waals surface area contributed by atoms with E-state index in [-0.39, 0.29) is 5.91 Å². The number of pyridine rings is 1. The van der Waals surface area contributed by atoms with Gasteiger partial charge in [-0.1, -0.05) is 30.3 Å². The van der Waals surface area contributed by atoms with Gasteiger partial charge in [0, 0.05) is 22.8 Å². The predicted molar refractivity (Wildman–Crippen MR) is 133 cm³/mol. The minimum atomic E-state index is -0.261. The maximum absolute atomic E-state index is 13.0. The summed E-state index contributed by atoms with van der Waals surface area (Å²) >= 11 is 1.33. The molecule has 2 heterocycles. The molecule has 0 spiro atoms. The normalized spacial score (nSPS) is 15.2. The van der Waals surface area contributed by atoms with Crippen LogP contribution in [0.2, 0.25) is 0 Å². The number of hydrogen-bond acceptors (Lipinski definition) is 6. The van der Waals surface area contributed by atoms with E-state index in [0.29, 0.717) is 33.7 Å². The molecule has 168 valence electrons. The SMILES string of the molecule is COc1ccc(NC(=O)c2sc3nc4c(cc3c2N)CC(c2ccccc2)CC4)cc1OC. The van der Waals surface area contributed by atoms with Gasteiger partial charge in [0.2, 0.25) is 0 Å². The zero-order valence-corrected chi connectivity index (χ0v) is 19.4. The van der Waals surface area contributed by atoms with E-state index in [1.807, 2.05) is 6.07 Å². The summed E-state index contributed by atoms with van der Waals surface area (Å²) in [5.41, 5.74) is 11.2. The summed E-state index contributed by atoms with van der Waals surface area (Å²) in [7, 11) is 3.13. The summed E-state index contributed by atoms with van der Waals surface area (Å²) in [6.45, 7) is 0. The first-order valence-corrected chi connectivity index (χ1v) is 11.7. The minimum absolute atomic E-state index is 0.261. The third-order valence-electron chi connectivity index (χ3n) is 6.20. The number of fused-ring (bicyclic) bond motifs is 2. The molecule has 0 saturated heterocycles. The monoisotopic (exact) mass is 459 g/mol. The number of anilines is 2. The number of amides is 1. The Bertz CT molecular complexity index is 1330. The first-order valence-electron chi connectivity index (χ1n) is 10.9. The largest absolute Gasteiger partial charge is 0.493 e. The first-order chi connectivity index (χ1) is 16.1. The Labute approximate surface area is 196 Å². The van der Waals surface area contributed by atoms with E-state index in [4.69, 9.17) is 20.2 Å². The number of thiophene rings is 1. The quantitative estimate of drug-likeness (QED) is 0.416. The number of aryl methyl sites for hydroxylation is 1. The van der Waals surface area contributed by atoms with E-state index in [0.717, 1.165) is 35.2 Å². The van der Waals surface area contributed by atoms with Crippen molar-refractivity contribution in [2.24, 2.45) is 0 Å².